The third kappa shape index (κ3) is 2.28. The minimum absolute atomic E-state index is 0.189. The van der Waals surface area contributed by atoms with Gasteiger partial charge < -0.3 is 10.2 Å². The van der Waals surface area contributed by atoms with E-state index >= 15 is 0 Å². The smallest absolute Gasteiger partial charge is 0.213 e. The van der Waals surface area contributed by atoms with Gasteiger partial charge in [0.05, 0.1) is 11.1 Å². The number of fused-ring (bicyclic) bond motifs is 1. The fourth-order valence-electron chi connectivity index (χ4n) is 1.48. The summed E-state index contributed by atoms with van der Waals surface area (Å²) in [5.74, 6) is -0.0633. The molecule has 1 heterocycles. The second kappa shape index (κ2) is 3.96. The van der Waals surface area contributed by atoms with Crippen molar-refractivity contribution < 1.29 is 8.81 Å². The van der Waals surface area contributed by atoms with Gasteiger partial charge in [-0.15, -0.1) is 0 Å². The lowest BCUT2D eigenvalue weighted by atomic mass is 9.87. The lowest BCUT2D eigenvalue weighted by Gasteiger charge is -2.23. The Morgan fingerprint density at radius 1 is 1.41 bits per heavy atom. The van der Waals surface area contributed by atoms with E-state index in [2.05, 4.69) is 4.98 Å². The minimum atomic E-state index is -0.438. The number of hydrogen-bond acceptors (Lipinski definition) is 3. The van der Waals surface area contributed by atoms with E-state index in [1.54, 1.807) is 0 Å². The van der Waals surface area contributed by atoms with Crippen LogP contribution in [-0.2, 0) is 0 Å². The van der Waals surface area contributed by atoms with Crippen LogP contribution in [0.1, 0.15) is 32.7 Å². The summed E-state index contributed by atoms with van der Waals surface area (Å²) < 4.78 is 18.7. The molecule has 92 valence electrons. The van der Waals surface area contributed by atoms with Crippen molar-refractivity contribution >= 4 is 22.7 Å². The Balaban J connectivity index is 2.56. The summed E-state index contributed by atoms with van der Waals surface area (Å²) in [6.07, 6.45) is 0. The predicted molar refractivity (Wildman–Crippen MR) is 65.4 cm³/mol. The highest BCUT2D eigenvalue weighted by atomic mass is 35.5. The molecule has 0 aliphatic rings. The van der Waals surface area contributed by atoms with Crippen molar-refractivity contribution in [2.45, 2.75) is 26.8 Å². The lowest BCUT2D eigenvalue weighted by Crippen LogP contribution is -2.26. The van der Waals surface area contributed by atoms with Crippen molar-refractivity contribution in [1.82, 2.24) is 4.98 Å². The van der Waals surface area contributed by atoms with Crippen LogP contribution in [0.15, 0.2) is 16.5 Å². The Hall–Kier alpha value is -1.13. The third-order valence-corrected chi connectivity index (χ3v) is 2.91. The zero-order chi connectivity index (χ0) is 12.8. The maximum atomic E-state index is 13.1. The Labute approximate surface area is 104 Å². The molecule has 0 saturated heterocycles. The lowest BCUT2D eigenvalue weighted by molar-refractivity contribution is 0.282. The van der Waals surface area contributed by atoms with E-state index in [9.17, 15) is 4.39 Å². The van der Waals surface area contributed by atoms with E-state index in [0.717, 1.165) is 0 Å². The highest BCUT2D eigenvalue weighted by molar-refractivity contribution is 6.34. The van der Waals surface area contributed by atoms with Gasteiger partial charge in [-0.25, -0.2) is 9.37 Å². The largest absolute Gasteiger partial charge is 0.437 e. The van der Waals surface area contributed by atoms with E-state index in [-0.39, 0.29) is 16.5 Å². The van der Waals surface area contributed by atoms with Crippen LogP contribution in [0.25, 0.3) is 11.1 Å². The summed E-state index contributed by atoms with van der Waals surface area (Å²) in [6.45, 7) is 5.94. The standard InChI is InChI=1S/C12H14ClFN2O/c1-12(2,3)10(15)11-16-8-5-6(14)4-7(13)9(8)17-11/h4-5,10H,15H2,1-3H3. The van der Waals surface area contributed by atoms with Crippen molar-refractivity contribution in [2.24, 2.45) is 11.1 Å². The Morgan fingerprint density at radius 3 is 2.65 bits per heavy atom. The molecule has 0 spiro atoms. The Bertz CT molecular complexity index is 559. The van der Waals surface area contributed by atoms with Crippen LogP contribution >= 0.6 is 11.6 Å². The summed E-state index contributed by atoms with van der Waals surface area (Å²) in [7, 11) is 0. The van der Waals surface area contributed by atoms with Crippen molar-refractivity contribution in [3.8, 4) is 0 Å². The van der Waals surface area contributed by atoms with Gasteiger partial charge in [-0.3, -0.25) is 0 Å². The molecule has 5 heteroatoms. The summed E-state index contributed by atoms with van der Waals surface area (Å²) in [4.78, 5) is 4.18. The van der Waals surface area contributed by atoms with Crippen LogP contribution in [0.5, 0.6) is 0 Å². The van der Waals surface area contributed by atoms with Gasteiger partial charge in [0, 0.05) is 6.07 Å². The fourth-order valence-corrected chi connectivity index (χ4v) is 1.72. The van der Waals surface area contributed by atoms with Gasteiger partial charge in [0.2, 0.25) is 5.89 Å². The van der Waals surface area contributed by atoms with Gasteiger partial charge in [-0.05, 0) is 11.5 Å². The first kappa shape index (κ1) is 12.3. The summed E-state index contributed by atoms with van der Waals surface area (Å²) in [5, 5.41) is 0.208. The third-order valence-electron chi connectivity index (χ3n) is 2.63. The number of aromatic nitrogens is 1. The van der Waals surface area contributed by atoms with Crippen LogP contribution in [-0.4, -0.2) is 4.98 Å². The number of benzene rings is 1. The molecule has 0 fully saturated rings. The highest BCUT2D eigenvalue weighted by Gasteiger charge is 2.27. The molecule has 2 N–H and O–H groups in total. The molecular weight excluding hydrogens is 243 g/mol. The van der Waals surface area contributed by atoms with Gasteiger partial charge in [0.15, 0.2) is 5.58 Å². The molecule has 0 aliphatic heterocycles. The van der Waals surface area contributed by atoms with E-state index in [4.69, 9.17) is 21.8 Å². The molecule has 1 aromatic carbocycles. The second-order valence-electron chi connectivity index (χ2n) is 5.13. The van der Waals surface area contributed by atoms with Gasteiger partial charge >= 0.3 is 0 Å². The molecule has 1 atom stereocenters. The maximum absolute atomic E-state index is 13.1. The van der Waals surface area contributed by atoms with Crippen molar-refractivity contribution in [2.75, 3.05) is 0 Å². The number of nitrogens with zero attached hydrogens (tertiary/aromatic N) is 1. The second-order valence-corrected chi connectivity index (χ2v) is 5.54. The molecule has 1 unspecified atom stereocenters. The monoisotopic (exact) mass is 256 g/mol. The quantitative estimate of drug-likeness (QED) is 0.847. The van der Waals surface area contributed by atoms with E-state index in [0.29, 0.717) is 17.0 Å². The van der Waals surface area contributed by atoms with Crippen molar-refractivity contribution in [3.05, 3.63) is 28.9 Å². The van der Waals surface area contributed by atoms with E-state index in [1.807, 2.05) is 20.8 Å². The first-order valence-corrected chi connectivity index (χ1v) is 5.68. The number of nitrogens with two attached hydrogens (primary N) is 1. The molecule has 2 aromatic rings. The molecular formula is C12H14ClFN2O. The summed E-state index contributed by atoms with van der Waals surface area (Å²) in [6, 6.07) is 2.11. The average Bonchev–Trinajstić information content (AvgIpc) is 2.58. The van der Waals surface area contributed by atoms with Crippen molar-refractivity contribution in [3.63, 3.8) is 0 Å². The number of halogens is 2. The molecule has 0 saturated carbocycles. The first-order valence-electron chi connectivity index (χ1n) is 5.30. The molecule has 2 rings (SSSR count). The van der Waals surface area contributed by atoms with Crippen LogP contribution in [0.2, 0.25) is 5.02 Å². The molecule has 0 amide bonds. The zero-order valence-electron chi connectivity index (χ0n) is 9.92. The minimum Gasteiger partial charge on any atom is -0.437 e. The van der Waals surface area contributed by atoms with Crippen LogP contribution in [0, 0.1) is 11.2 Å². The van der Waals surface area contributed by atoms with Crippen molar-refractivity contribution in [1.29, 1.82) is 0 Å². The van der Waals surface area contributed by atoms with Gasteiger partial charge in [0.25, 0.3) is 0 Å². The predicted octanol–water partition coefficient (Wildman–Crippen LogP) is 3.67. The molecule has 3 nitrogen and oxygen atoms in total. The Kier molecular flexibility index (Phi) is 2.87. The van der Waals surface area contributed by atoms with E-state index in [1.165, 1.54) is 12.1 Å². The van der Waals surface area contributed by atoms with E-state index < -0.39 is 5.82 Å². The molecule has 0 radical (unpaired) electrons. The zero-order valence-corrected chi connectivity index (χ0v) is 10.7. The van der Waals surface area contributed by atoms with Gasteiger partial charge in [-0.2, -0.15) is 0 Å². The summed E-state index contributed by atoms with van der Waals surface area (Å²) >= 11 is 5.88. The normalized spacial score (nSPS) is 14.2. The highest BCUT2D eigenvalue weighted by Crippen LogP contribution is 2.33. The summed E-state index contributed by atoms with van der Waals surface area (Å²) in [5.41, 5.74) is 6.61. The van der Waals surface area contributed by atoms with Gasteiger partial charge in [0.1, 0.15) is 11.3 Å². The fraction of sp³-hybridized carbons (Fsp3) is 0.417. The van der Waals surface area contributed by atoms with Crippen LogP contribution < -0.4 is 5.73 Å². The Morgan fingerprint density at radius 2 is 2.06 bits per heavy atom. The van der Waals surface area contributed by atoms with Crippen LogP contribution in [0.3, 0.4) is 0 Å². The van der Waals surface area contributed by atoms with Gasteiger partial charge in [-0.1, -0.05) is 32.4 Å². The molecule has 17 heavy (non-hydrogen) atoms. The molecule has 0 bridgehead atoms. The number of rotatable bonds is 1. The van der Waals surface area contributed by atoms with Crippen LogP contribution in [0.4, 0.5) is 4.39 Å². The number of oxazole rings is 1. The number of hydrogen-bond donors (Lipinski definition) is 1. The SMILES string of the molecule is CC(C)(C)C(N)c1nc2cc(F)cc(Cl)c2o1. The first-order chi connectivity index (χ1) is 7.79. The topological polar surface area (TPSA) is 52.0 Å². The maximum Gasteiger partial charge on any atom is 0.213 e. The molecule has 1 aromatic heterocycles. The molecule has 0 aliphatic carbocycles. The average molecular weight is 257 g/mol.